The molecule has 1 N–H and O–H groups in total. The van der Waals surface area contributed by atoms with Crippen LogP contribution in [0.2, 0.25) is 0 Å². The average Bonchev–Trinajstić information content (AvgIpc) is 2.79. The number of benzene rings is 1. The molecule has 0 unspecified atom stereocenters. The Morgan fingerprint density at radius 1 is 1.11 bits per heavy atom. The number of aromatic nitrogens is 4. The van der Waals surface area contributed by atoms with Crippen LogP contribution in [-0.4, -0.2) is 25.6 Å². The van der Waals surface area contributed by atoms with Gasteiger partial charge in [0.1, 0.15) is 0 Å². The van der Waals surface area contributed by atoms with E-state index < -0.39 is 0 Å². The minimum absolute atomic E-state index is 0.297. The largest absolute Gasteiger partial charge is 0.351 e. The molecule has 0 saturated heterocycles. The summed E-state index contributed by atoms with van der Waals surface area (Å²) in [4.78, 5) is 8.65. The van der Waals surface area contributed by atoms with Crippen LogP contribution < -0.4 is 5.32 Å². The predicted octanol–water partition coefficient (Wildman–Crippen LogP) is 2.61. The number of hydrogen-bond donors (Lipinski definition) is 1. The van der Waals surface area contributed by atoms with Crippen LogP contribution >= 0.6 is 0 Å². The summed E-state index contributed by atoms with van der Waals surface area (Å²) in [6.07, 6.45) is 3.76. The van der Waals surface area contributed by atoms with Crippen molar-refractivity contribution in [3.8, 4) is 11.1 Å². The van der Waals surface area contributed by atoms with Gasteiger partial charge in [-0.3, -0.25) is 0 Å². The molecule has 0 aliphatic carbocycles. The van der Waals surface area contributed by atoms with E-state index in [1.165, 1.54) is 0 Å². The molecule has 0 aliphatic heterocycles. The van der Waals surface area contributed by atoms with Crippen molar-refractivity contribution < 1.29 is 0 Å². The van der Waals surface area contributed by atoms with Crippen LogP contribution in [0.5, 0.6) is 0 Å². The average molecular weight is 253 g/mol. The highest BCUT2D eigenvalue weighted by atomic mass is 15.4. The molecule has 0 spiro atoms. The van der Waals surface area contributed by atoms with Crippen LogP contribution in [0.3, 0.4) is 0 Å². The van der Waals surface area contributed by atoms with Crippen LogP contribution in [0.4, 0.5) is 5.95 Å². The number of nitrogens with one attached hydrogen (secondary N) is 1. The summed E-state index contributed by atoms with van der Waals surface area (Å²) in [5.41, 5.74) is 2.14. The van der Waals surface area contributed by atoms with Crippen molar-refractivity contribution in [3.63, 3.8) is 0 Å². The number of rotatable bonds is 3. The Hall–Kier alpha value is -2.43. The summed E-state index contributed by atoms with van der Waals surface area (Å²) < 4.78 is 1.70. The maximum absolute atomic E-state index is 4.37. The van der Waals surface area contributed by atoms with E-state index >= 15 is 0 Å². The maximum Gasteiger partial charge on any atom is 0.253 e. The molecule has 3 aromatic rings. The van der Waals surface area contributed by atoms with Gasteiger partial charge in [-0.05, 0) is 19.4 Å². The fourth-order valence-electron chi connectivity index (χ4n) is 1.88. The molecular weight excluding hydrogens is 238 g/mol. The quantitative estimate of drug-likeness (QED) is 0.779. The van der Waals surface area contributed by atoms with E-state index in [4.69, 9.17) is 0 Å². The van der Waals surface area contributed by atoms with Crippen molar-refractivity contribution in [2.45, 2.75) is 19.9 Å². The van der Waals surface area contributed by atoms with Crippen LogP contribution in [0.15, 0.2) is 42.7 Å². The summed E-state index contributed by atoms with van der Waals surface area (Å²) in [7, 11) is 0. The molecule has 2 heterocycles. The Kier molecular flexibility index (Phi) is 2.87. The van der Waals surface area contributed by atoms with Gasteiger partial charge >= 0.3 is 0 Å². The monoisotopic (exact) mass is 253 g/mol. The summed E-state index contributed by atoms with van der Waals surface area (Å²) in [6, 6.07) is 10.4. The predicted molar refractivity (Wildman–Crippen MR) is 75.0 cm³/mol. The standard InChI is InChI=1S/C14H15N5/c1-10(2)16-13-17-14-15-8-12(9-19(14)18-13)11-6-4-3-5-7-11/h3-10H,1-2H3,(H,16,18). The van der Waals surface area contributed by atoms with Crippen molar-refractivity contribution >= 4 is 11.7 Å². The molecule has 5 heteroatoms. The van der Waals surface area contributed by atoms with Crippen LogP contribution in [0, 0.1) is 0 Å². The molecular formula is C14H15N5. The molecule has 0 atom stereocenters. The van der Waals surface area contributed by atoms with E-state index in [1.807, 2.05) is 42.7 Å². The van der Waals surface area contributed by atoms with Gasteiger partial charge in [-0.15, -0.1) is 5.10 Å². The summed E-state index contributed by atoms with van der Waals surface area (Å²) in [5, 5.41) is 7.54. The second-order valence-electron chi connectivity index (χ2n) is 4.69. The molecule has 96 valence electrons. The molecule has 0 bridgehead atoms. The Balaban J connectivity index is 2.01. The zero-order valence-electron chi connectivity index (χ0n) is 10.9. The summed E-state index contributed by atoms with van der Waals surface area (Å²) in [6.45, 7) is 4.10. The van der Waals surface area contributed by atoms with E-state index in [-0.39, 0.29) is 0 Å². The van der Waals surface area contributed by atoms with Gasteiger partial charge in [0, 0.05) is 24.0 Å². The van der Waals surface area contributed by atoms with Gasteiger partial charge in [0.05, 0.1) is 0 Å². The summed E-state index contributed by atoms with van der Waals surface area (Å²) >= 11 is 0. The minimum atomic E-state index is 0.297. The first-order valence-electron chi connectivity index (χ1n) is 6.27. The third-order valence-electron chi connectivity index (χ3n) is 2.72. The molecule has 2 aromatic heterocycles. The van der Waals surface area contributed by atoms with E-state index in [2.05, 4.69) is 34.2 Å². The molecule has 0 saturated carbocycles. The lowest BCUT2D eigenvalue weighted by molar-refractivity contribution is 0.864. The molecule has 1 aromatic carbocycles. The van der Waals surface area contributed by atoms with Crippen molar-refractivity contribution in [3.05, 3.63) is 42.7 Å². The minimum Gasteiger partial charge on any atom is -0.351 e. The fourth-order valence-corrected chi connectivity index (χ4v) is 1.88. The lowest BCUT2D eigenvalue weighted by atomic mass is 10.1. The smallest absolute Gasteiger partial charge is 0.253 e. The van der Waals surface area contributed by atoms with Crippen molar-refractivity contribution in [2.24, 2.45) is 0 Å². The van der Waals surface area contributed by atoms with Crippen molar-refractivity contribution in [1.82, 2.24) is 19.6 Å². The van der Waals surface area contributed by atoms with Crippen LogP contribution in [-0.2, 0) is 0 Å². The third-order valence-corrected chi connectivity index (χ3v) is 2.72. The highest BCUT2D eigenvalue weighted by Gasteiger charge is 2.06. The van der Waals surface area contributed by atoms with Gasteiger partial charge in [0.15, 0.2) is 0 Å². The molecule has 0 aliphatic rings. The molecule has 0 amide bonds. The van der Waals surface area contributed by atoms with E-state index in [0.717, 1.165) is 11.1 Å². The molecule has 5 nitrogen and oxygen atoms in total. The second-order valence-corrected chi connectivity index (χ2v) is 4.69. The van der Waals surface area contributed by atoms with Gasteiger partial charge < -0.3 is 5.32 Å². The maximum atomic E-state index is 4.37. The van der Waals surface area contributed by atoms with Gasteiger partial charge in [-0.25, -0.2) is 9.50 Å². The van der Waals surface area contributed by atoms with Crippen LogP contribution in [0.25, 0.3) is 16.9 Å². The van der Waals surface area contributed by atoms with Gasteiger partial charge in [0.2, 0.25) is 5.95 Å². The zero-order chi connectivity index (χ0) is 13.2. The lowest BCUT2D eigenvalue weighted by Crippen LogP contribution is -2.10. The lowest BCUT2D eigenvalue weighted by Gasteiger charge is -2.02. The Morgan fingerprint density at radius 2 is 1.89 bits per heavy atom. The third kappa shape index (κ3) is 2.40. The normalized spacial score (nSPS) is 11.1. The second kappa shape index (κ2) is 4.68. The van der Waals surface area contributed by atoms with Gasteiger partial charge in [-0.1, -0.05) is 30.3 Å². The van der Waals surface area contributed by atoms with Crippen molar-refractivity contribution in [2.75, 3.05) is 5.32 Å². The fraction of sp³-hybridized carbons (Fsp3) is 0.214. The van der Waals surface area contributed by atoms with E-state index in [9.17, 15) is 0 Å². The molecule has 0 fully saturated rings. The van der Waals surface area contributed by atoms with E-state index in [0.29, 0.717) is 17.8 Å². The molecule has 0 radical (unpaired) electrons. The Morgan fingerprint density at radius 3 is 2.63 bits per heavy atom. The zero-order valence-corrected chi connectivity index (χ0v) is 10.9. The topological polar surface area (TPSA) is 55.1 Å². The number of anilines is 1. The SMILES string of the molecule is CC(C)Nc1nc2ncc(-c3ccccc3)cn2n1. The summed E-state index contributed by atoms with van der Waals surface area (Å²) in [5.74, 6) is 1.20. The number of nitrogens with zero attached hydrogens (tertiary/aromatic N) is 4. The van der Waals surface area contributed by atoms with Gasteiger partial charge in [0.25, 0.3) is 5.78 Å². The first-order valence-corrected chi connectivity index (χ1v) is 6.27. The molecule has 19 heavy (non-hydrogen) atoms. The number of fused-ring (bicyclic) bond motifs is 1. The highest BCUT2D eigenvalue weighted by Crippen LogP contribution is 2.18. The Labute approximate surface area is 111 Å². The van der Waals surface area contributed by atoms with Gasteiger partial charge in [-0.2, -0.15) is 4.98 Å². The van der Waals surface area contributed by atoms with Crippen molar-refractivity contribution in [1.29, 1.82) is 0 Å². The van der Waals surface area contributed by atoms with E-state index in [1.54, 1.807) is 4.52 Å². The van der Waals surface area contributed by atoms with Crippen LogP contribution in [0.1, 0.15) is 13.8 Å². The molecule has 3 rings (SSSR count). The Bertz CT molecular complexity index is 687. The number of hydrogen-bond acceptors (Lipinski definition) is 4. The first-order chi connectivity index (χ1) is 9.22. The highest BCUT2D eigenvalue weighted by molar-refractivity contribution is 5.62. The first kappa shape index (κ1) is 11.6.